The van der Waals surface area contributed by atoms with Crippen LogP contribution in [0.1, 0.15) is 36.2 Å². The van der Waals surface area contributed by atoms with E-state index < -0.39 is 0 Å². The van der Waals surface area contributed by atoms with Crippen LogP contribution in [0.2, 0.25) is 0 Å². The Kier molecular flexibility index (Phi) is 4.02. The van der Waals surface area contributed by atoms with Gasteiger partial charge in [-0.05, 0) is 5.56 Å². The molecule has 6 nitrogen and oxygen atoms in total. The molecule has 28 heavy (non-hydrogen) atoms. The number of hydrogen-bond donors (Lipinski definition) is 0. The molecule has 5 rings (SSSR count). The van der Waals surface area contributed by atoms with Crippen LogP contribution in [0.3, 0.4) is 0 Å². The Bertz CT molecular complexity index is 875. The molecule has 2 atom stereocenters. The molecule has 0 N–H and O–H groups in total. The average molecular weight is 380 g/mol. The van der Waals surface area contributed by atoms with Crippen LogP contribution in [0, 0.1) is 10.8 Å². The molecule has 0 radical (unpaired) electrons. The Morgan fingerprint density at radius 1 is 1.11 bits per heavy atom. The van der Waals surface area contributed by atoms with Crippen molar-refractivity contribution in [3.8, 4) is 5.88 Å². The predicted octanol–water partition coefficient (Wildman–Crippen LogP) is 2.65. The summed E-state index contributed by atoms with van der Waals surface area (Å²) in [6.07, 6.45) is 2.63. The molecule has 2 saturated heterocycles. The van der Waals surface area contributed by atoms with Crippen molar-refractivity contribution in [3.05, 3.63) is 47.7 Å². The lowest BCUT2D eigenvalue weighted by Crippen LogP contribution is -2.35. The fraction of sp³-hybridized carbons (Fsp3) is 0.545. The SMILES string of the molecule is CC12CN(Cc3ccccc3)CC1(C)CN(C(=O)c1cnn3c1OCCC3)C2. The minimum absolute atomic E-state index is 0.0645. The van der Waals surface area contributed by atoms with E-state index in [1.165, 1.54) is 5.56 Å². The van der Waals surface area contributed by atoms with Crippen LogP contribution >= 0.6 is 0 Å². The van der Waals surface area contributed by atoms with Gasteiger partial charge in [-0.3, -0.25) is 9.69 Å². The van der Waals surface area contributed by atoms with E-state index in [0.29, 0.717) is 18.1 Å². The summed E-state index contributed by atoms with van der Waals surface area (Å²) in [5.74, 6) is 0.712. The number of nitrogens with zero attached hydrogens (tertiary/aromatic N) is 4. The Morgan fingerprint density at radius 2 is 1.82 bits per heavy atom. The Hall–Kier alpha value is -2.34. The van der Waals surface area contributed by atoms with Crippen molar-refractivity contribution < 1.29 is 9.53 Å². The molecule has 0 aliphatic carbocycles. The molecular weight excluding hydrogens is 352 g/mol. The van der Waals surface area contributed by atoms with E-state index >= 15 is 0 Å². The first-order valence-electron chi connectivity index (χ1n) is 10.2. The van der Waals surface area contributed by atoms with E-state index in [4.69, 9.17) is 4.74 Å². The number of amides is 1. The van der Waals surface area contributed by atoms with Crippen molar-refractivity contribution in [2.45, 2.75) is 33.4 Å². The van der Waals surface area contributed by atoms with E-state index in [1.807, 2.05) is 9.58 Å². The fourth-order valence-electron chi connectivity index (χ4n) is 5.29. The summed E-state index contributed by atoms with van der Waals surface area (Å²) in [4.78, 5) is 17.8. The summed E-state index contributed by atoms with van der Waals surface area (Å²) in [6, 6.07) is 10.7. The van der Waals surface area contributed by atoms with Gasteiger partial charge in [0.25, 0.3) is 5.91 Å². The van der Waals surface area contributed by atoms with Crippen LogP contribution in [-0.2, 0) is 13.1 Å². The second kappa shape index (κ2) is 6.34. The minimum Gasteiger partial charge on any atom is -0.477 e. The highest BCUT2D eigenvalue weighted by Gasteiger charge is 2.58. The first-order chi connectivity index (χ1) is 13.5. The summed E-state index contributed by atoms with van der Waals surface area (Å²) in [7, 11) is 0. The molecule has 0 spiro atoms. The van der Waals surface area contributed by atoms with E-state index in [0.717, 1.165) is 45.7 Å². The molecule has 2 aromatic rings. The van der Waals surface area contributed by atoms with Gasteiger partial charge in [0.1, 0.15) is 5.56 Å². The second-order valence-corrected chi connectivity index (χ2v) is 9.20. The number of aromatic nitrogens is 2. The second-order valence-electron chi connectivity index (χ2n) is 9.20. The normalized spacial score (nSPS) is 29.4. The Morgan fingerprint density at radius 3 is 2.54 bits per heavy atom. The van der Waals surface area contributed by atoms with Gasteiger partial charge < -0.3 is 9.64 Å². The quantitative estimate of drug-likeness (QED) is 0.822. The predicted molar refractivity (Wildman–Crippen MR) is 106 cm³/mol. The lowest BCUT2D eigenvalue weighted by Gasteiger charge is -2.30. The zero-order valence-corrected chi connectivity index (χ0v) is 16.7. The molecule has 6 heteroatoms. The third-order valence-corrected chi connectivity index (χ3v) is 6.99. The highest BCUT2D eigenvalue weighted by molar-refractivity contribution is 5.96. The third-order valence-electron chi connectivity index (χ3n) is 6.99. The van der Waals surface area contributed by atoms with Gasteiger partial charge in [0.05, 0.1) is 12.8 Å². The molecule has 4 heterocycles. The van der Waals surface area contributed by atoms with Gasteiger partial charge in [-0.15, -0.1) is 0 Å². The number of rotatable bonds is 3. The zero-order valence-electron chi connectivity index (χ0n) is 16.7. The van der Waals surface area contributed by atoms with Crippen molar-refractivity contribution in [1.29, 1.82) is 0 Å². The Balaban J connectivity index is 1.32. The average Bonchev–Trinajstić information content (AvgIpc) is 3.28. The molecule has 1 aromatic heterocycles. The van der Waals surface area contributed by atoms with Crippen molar-refractivity contribution in [1.82, 2.24) is 19.6 Å². The van der Waals surface area contributed by atoms with Crippen LogP contribution in [0.4, 0.5) is 0 Å². The standard InChI is InChI=1S/C22H28N4O2/c1-21-13-24(12-17-7-4-3-5-8-17)14-22(21,2)16-25(15-21)19(27)18-11-23-26-9-6-10-28-20(18)26/h3-5,7-8,11H,6,9-10,12-16H2,1-2H3. The molecule has 2 fully saturated rings. The number of likely N-dealkylation sites (tertiary alicyclic amines) is 2. The maximum absolute atomic E-state index is 13.2. The van der Waals surface area contributed by atoms with Gasteiger partial charge in [0.15, 0.2) is 0 Å². The van der Waals surface area contributed by atoms with E-state index in [1.54, 1.807) is 6.20 Å². The summed E-state index contributed by atoms with van der Waals surface area (Å²) < 4.78 is 7.57. The van der Waals surface area contributed by atoms with Gasteiger partial charge >= 0.3 is 0 Å². The van der Waals surface area contributed by atoms with Gasteiger partial charge in [-0.1, -0.05) is 44.2 Å². The lowest BCUT2D eigenvalue weighted by molar-refractivity contribution is 0.0750. The zero-order chi connectivity index (χ0) is 19.4. The van der Waals surface area contributed by atoms with Crippen LogP contribution in [-0.4, -0.2) is 58.3 Å². The molecule has 3 aliphatic rings. The highest BCUT2D eigenvalue weighted by atomic mass is 16.5. The molecule has 0 bridgehead atoms. The number of aryl methyl sites for hydroxylation is 1. The van der Waals surface area contributed by atoms with Crippen LogP contribution in [0.25, 0.3) is 0 Å². The van der Waals surface area contributed by atoms with Gasteiger partial charge in [0, 0.05) is 56.5 Å². The number of ether oxygens (including phenoxy) is 1. The fourth-order valence-corrected chi connectivity index (χ4v) is 5.29. The van der Waals surface area contributed by atoms with Crippen LogP contribution in [0.15, 0.2) is 36.5 Å². The van der Waals surface area contributed by atoms with Crippen molar-refractivity contribution in [2.24, 2.45) is 10.8 Å². The number of fused-ring (bicyclic) bond motifs is 2. The molecular formula is C22H28N4O2. The van der Waals surface area contributed by atoms with E-state index in [-0.39, 0.29) is 16.7 Å². The van der Waals surface area contributed by atoms with Crippen molar-refractivity contribution in [3.63, 3.8) is 0 Å². The summed E-state index contributed by atoms with van der Waals surface area (Å²) in [5, 5.41) is 4.35. The van der Waals surface area contributed by atoms with Crippen molar-refractivity contribution >= 4 is 5.91 Å². The largest absolute Gasteiger partial charge is 0.477 e. The maximum atomic E-state index is 13.2. The van der Waals surface area contributed by atoms with Gasteiger partial charge in [0.2, 0.25) is 5.88 Å². The maximum Gasteiger partial charge on any atom is 0.261 e. The highest BCUT2D eigenvalue weighted by Crippen LogP contribution is 2.52. The number of carbonyl (C=O) groups excluding carboxylic acids is 1. The number of benzene rings is 1. The Labute approximate surface area is 166 Å². The van der Waals surface area contributed by atoms with Gasteiger partial charge in [-0.25, -0.2) is 4.68 Å². The lowest BCUT2D eigenvalue weighted by atomic mass is 9.71. The number of carbonyl (C=O) groups is 1. The molecule has 1 aromatic carbocycles. The molecule has 0 saturated carbocycles. The molecule has 2 unspecified atom stereocenters. The monoisotopic (exact) mass is 380 g/mol. The molecule has 3 aliphatic heterocycles. The summed E-state index contributed by atoms with van der Waals surface area (Å²) in [6.45, 7) is 10.8. The van der Waals surface area contributed by atoms with Crippen molar-refractivity contribution in [2.75, 3.05) is 32.8 Å². The first kappa shape index (κ1) is 17.7. The third kappa shape index (κ3) is 2.73. The van der Waals surface area contributed by atoms with Gasteiger partial charge in [-0.2, -0.15) is 5.10 Å². The first-order valence-corrected chi connectivity index (χ1v) is 10.2. The topological polar surface area (TPSA) is 50.6 Å². The smallest absolute Gasteiger partial charge is 0.261 e. The van der Waals surface area contributed by atoms with Crippen LogP contribution < -0.4 is 4.74 Å². The van der Waals surface area contributed by atoms with E-state index in [2.05, 4.69) is 54.2 Å². The molecule has 148 valence electrons. The van der Waals surface area contributed by atoms with Crippen LogP contribution in [0.5, 0.6) is 5.88 Å². The van der Waals surface area contributed by atoms with E-state index in [9.17, 15) is 4.79 Å². The number of hydrogen-bond acceptors (Lipinski definition) is 4. The summed E-state index contributed by atoms with van der Waals surface area (Å²) >= 11 is 0. The molecule has 1 amide bonds. The minimum atomic E-state index is 0.0645. The summed E-state index contributed by atoms with van der Waals surface area (Å²) in [5.41, 5.74) is 2.18.